The van der Waals surface area contributed by atoms with Gasteiger partial charge in [-0.15, -0.1) is 0 Å². The van der Waals surface area contributed by atoms with Crippen molar-refractivity contribution in [1.82, 2.24) is 4.90 Å². The lowest BCUT2D eigenvalue weighted by Gasteiger charge is -2.36. The summed E-state index contributed by atoms with van der Waals surface area (Å²) in [6, 6.07) is 10.5. The zero-order chi connectivity index (χ0) is 13.9. The highest BCUT2D eigenvalue weighted by molar-refractivity contribution is 5.20. The molecule has 0 spiro atoms. The maximum absolute atomic E-state index is 10.6. The molecule has 2 unspecified atom stereocenters. The fraction of sp³-hybridized carbons (Fsp3) is 0.625. The molecular formula is C16H26N2O. The molecule has 0 saturated heterocycles. The molecule has 0 aromatic heterocycles. The lowest BCUT2D eigenvalue weighted by Crippen LogP contribution is -2.45. The van der Waals surface area contributed by atoms with E-state index in [-0.39, 0.29) is 12.1 Å². The van der Waals surface area contributed by atoms with Crippen molar-refractivity contribution >= 4 is 0 Å². The summed E-state index contributed by atoms with van der Waals surface area (Å²) < 4.78 is 0. The maximum atomic E-state index is 10.6. The summed E-state index contributed by atoms with van der Waals surface area (Å²) in [5.41, 5.74) is 6.87. The summed E-state index contributed by atoms with van der Waals surface area (Å²) in [5.74, 6) is 0. The van der Waals surface area contributed by atoms with Crippen LogP contribution in [0.3, 0.4) is 0 Å². The maximum Gasteiger partial charge on any atom is 0.0774 e. The predicted molar refractivity (Wildman–Crippen MR) is 78.9 cm³/mol. The van der Waals surface area contributed by atoms with Gasteiger partial charge in [-0.05, 0) is 32.4 Å². The summed E-state index contributed by atoms with van der Waals surface area (Å²) >= 11 is 0. The minimum atomic E-state index is -0.517. The number of likely N-dealkylation sites (N-methyl/N-ethyl adjacent to an activating group) is 1. The van der Waals surface area contributed by atoms with Crippen molar-refractivity contribution < 1.29 is 5.11 Å². The first kappa shape index (κ1) is 14.5. The molecule has 0 aliphatic heterocycles. The van der Waals surface area contributed by atoms with Crippen molar-refractivity contribution in [2.24, 2.45) is 5.73 Å². The summed E-state index contributed by atoms with van der Waals surface area (Å²) in [6.45, 7) is 2.74. The van der Waals surface area contributed by atoms with E-state index in [0.29, 0.717) is 6.54 Å². The fourth-order valence-corrected chi connectivity index (χ4v) is 3.36. The Bertz CT molecular complexity index is 385. The molecule has 0 heterocycles. The Morgan fingerprint density at radius 2 is 1.84 bits per heavy atom. The second kappa shape index (κ2) is 6.04. The van der Waals surface area contributed by atoms with E-state index in [1.165, 1.54) is 5.56 Å². The van der Waals surface area contributed by atoms with E-state index in [1.54, 1.807) is 0 Å². The number of rotatable bonds is 5. The summed E-state index contributed by atoms with van der Waals surface area (Å²) in [4.78, 5) is 2.21. The third-order valence-electron chi connectivity index (χ3n) is 4.19. The molecule has 1 fully saturated rings. The van der Waals surface area contributed by atoms with Gasteiger partial charge in [0.25, 0.3) is 0 Å². The van der Waals surface area contributed by atoms with Gasteiger partial charge in [0, 0.05) is 18.6 Å². The van der Waals surface area contributed by atoms with E-state index in [1.807, 2.05) is 25.1 Å². The van der Waals surface area contributed by atoms with Crippen molar-refractivity contribution in [2.45, 2.75) is 50.3 Å². The van der Waals surface area contributed by atoms with Crippen LogP contribution < -0.4 is 5.73 Å². The smallest absolute Gasteiger partial charge is 0.0774 e. The van der Waals surface area contributed by atoms with Gasteiger partial charge in [-0.3, -0.25) is 4.90 Å². The zero-order valence-electron chi connectivity index (χ0n) is 12.0. The Balaban J connectivity index is 2.11. The Kier molecular flexibility index (Phi) is 4.61. The van der Waals surface area contributed by atoms with Crippen LogP contribution >= 0.6 is 0 Å². The fourth-order valence-electron chi connectivity index (χ4n) is 3.36. The SMILES string of the molecule is CC(N)C(c1ccccc1)N(C)CC1(O)CCCC1. The van der Waals surface area contributed by atoms with Gasteiger partial charge in [0.2, 0.25) is 0 Å². The van der Waals surface area contributed by atoms with Gasteiger partial charge in [0.05, 0.1) is 5.60 Å². The Morgan fingerprint density at radius 1 is 1.26 bits per heavy atom. The highest BCUT2D eigenvalue weighted by Gasteiger charge is 2.34. The number of hydrogen-bond donors (Lipinski definition) is 2. The second-order valence-electron chi connectivity index (χ2n) is 6.06. The van der Waals surface area contributed by atoms with Crippen LogP contribution in [0.5, 0.6) is 0 Å². The van der Waals surface area contributed by atoms with Gasteiger partial charge in [0.1, 0.15) is 0 Å². The van der Waals surface area contributed by atoms with E-state index < -0.39 is 5.60 Å². The number of nitrogens with two attached hydrogens (primary N) is 1. The number of nitrogens with zero attached hydrogens (tertiary/aromatic N) is 1. The normalized spacial score (nSPS) is 21.5. The van der Waals surface area contributed by atoms with E-state index in [0.717, 1.165) is 25.7 Å². The lowest BCUT2D eigenvalue weighted by atomic mass is 9.96. The molecular weight excluding hydrogens is 236 g/mol. The van der Waals surface area contributed by atoms with Gasteiger partial charge in [0.15, 0.2) is 0 Å². The lowest BCUT2D eigenvalue weighted by molar-refractivity contribution is 0.00253. The highest BCUT2D eigenvalue weighted by atomic mass is 16.3. The number of hydrogen-bond acceptors (Lipinski definition) is 3. The summed E-state index contributed by atoms with van der Waals surface area (Å²) in [6.07, 6.45) is 4.10. The third kappa shape index (κ3) is 3.56. The largest absolute Gasteiger partial charge is 0.389 e. The first-order valence-electron chi connectivity index (χ1n) is 7.25. The van der Waals surface area contributed by atoms with Crippen LogP contribution in [0.1, 0.15) is 44.2 Å². The monoisotopic (exact) mass is 262 g/mol. The minimum absolute atomic E-state index is 0.0393. The van der Waals surface area contributed by atoms with Crippen LogP contribution in [-0.4, -0.2) is 35.2 Å². The van der Waals surface area contributed by atoms with Crippen molar-refractivity contribution in [3.05, 3.63) is 35.9 Å². The standard InChI is InChI=1S/C16H26N2O/c1-13(17)15(14-8-4-3-5-9-14)18(2)12-16(19)10-6-7-11-16/h3-5,8-9,13,15,19H,6-7,10-12,17H2,1-2H3. The van der Waals surface area contributed by atoms with Gasteiger partial charge < -0.3 is 10.8 Å². The van der Waals surface area contributed by atoms with Crippen LogP contribution in [0.2, 0.25) is 0 Å². The van der Waals surface area contributed by atoms with Crippen molar-refractivity contribution in [3.8, 4) is 0 Å². The first-order valence-corrected chi connectivity index (χ1v) is 7.25. The molecule has 106 valence electrons. The Morgan fingerprint density at radius 3 is 2.37 bits per heavy atom. The first-order chi connectivity index (χ1) is 9.02. The number of aliphatic hydroxyl groups is 1. The quantitative estimate of drug-likeness (QED) is 0.856. The van der Waals surface area contributed by atoms with E-state index in [4.69, 9.17) is 5.73 Å². The number of benzene rings is 1. The van der Waals surface area contributed by atoms with E-state index in [9.17, 15) is 5.11 Å². The van der Waals surface area contributed by atoms with Crippen LogP contribution in [0.25, 0.3) is 0 Å². The molecule has 2 rings (SSSR count). The van der Waals surface area contributed by atoms with Crippen LogP contribution in [-0.2, 0) is 0 Å². The molecule has 1 aliphatic rings. The molecule has 1 aromatic rings. The molecule has 3 heteroatoms. The molecule has 1 aliphatic carbocycles. The molecule has 3 N–H and O–H groups in total. The van der Waals surface area contributed by atoms with Crippen LogP contribution in [0.15, 0.2) is 30.3 Å². The Hall–Kier alpha value is -0.900. The molecule has 2 atom stereocenters. The topological polar surface area (TPSA) is 49.5 Å². The average Bonchev–Trinajstić information content (AvgIpc) is 2.76. The molecule has 1 aromatic carbocycles. The zero-order valence-corrected chi connectivity index (χ0v) is 12.0. The minimum Gasteiger partial charge on any atom is -0.389 e. The molecule has 0 amide bonds. The molecule has 1 saturated carbocycles. The van der Waals surface area contributed by atoms with Gasteiger partial charge in [-0.2, -0.15) is 0 Å². The van der Waals surface area contributed by atoms with Crippen LogP contribution in [0, 0.1) is 0 Å². The van der Waals surface area contributed by atoms with Gasteiger partial charge >= 0.3 is 0 Å². The van der Waals surface area contributed by atoms with Crippen molar-refractivity contribution in [1.29, 1.82) is 0 Å². The summed E-state index contributed by atoms with van der Waals surface area (Å²) in [5, 5.41) is 10.6. The van der Waals surface area contributed by atoms with Crippen molar-refractivity contribution in [2.75, 3.05) is 13.6 Å². The predicted octanol–water partition coefficient (Wildman–Crippen LogP) is 2.31. The summed E-state index contributed by atoms with van der Waals surface area (Å²) in [7, 11) is 2.07. The van der Waals surface area contributed by atoms with Gasteiger partial charge in [-0.1, -0.05) is 43.2 Å². The molecule has 3 nitrogen and oxygen atoms in total. The highest BCUT2D eigenvalue weighted by Crippen LogP contribution is 2.32. The van der Waals surface area contributed by atoms with E-state index >= 15 is 0 Å². The Labute approximate surface area is 116 Å². The molecule has 19 heavy (non-hydrogen) atoms. The molecule has 0 bridgehead atoms. The van der Waals surface area contributed by atoms with Crippen LogP contribution in [0.4, 0.5) is 0 Å². The molecule has 0 radical (unpaired) electrons. The van der Waals surface area contributed by atoms with Crippen molar-refractivity contribution in [3.63, 3.8) is 0 Å². The van der Waals surface area contributed by atoms with E-state index in [2.05, 4.69) is 24.1 Å². The van der Waals surface area contributed by atoms with Gasteiger partial charge in [-0.25, -0.2) is 0 Å². The third-order valence-corrected chi connectivity index (χ3v) is 4.19. The second-order valence-corrected chi connectivity index (χ2v) is 6.06. The average molecular weight is 262 g/mol.